The highest BCUT2D eigenvalue weighted by atomic mass is 16.5. The van der Waals surface area contributed by atoms with Crippen molar-refractivity contribution in [3.05, 3.63) is 59.7 Å². The molecule has 7 heteroatoms. The maximum atomic E-state index is 12.5. The predicted octanol–water partition coefficient (Wildman–Crippen LogP) is 4.31. The number of rotatable bonds is 9. The van der Waals surface area contributed by atoms with Gasteiger partial charge in [-0.15, -0.1) is 0 Å². The fourth-order valence-corrected chi connectivity index (χ4v) is 5.25. The van der Waals surface area contributed by atoms with Gasteiger partial charge in [-0.05, 0) is 47.4 Å². The van der Waals surface area contributed by atoms with Crippen LogP contribution < -0.4 is 10.6 Å². The number of carbonyl (C=O) groups excluding carboxylic acids is 2. The fourth-order valence-electron chi connectivity index (χ4n) is 5.25. The summed E-state index contributed by atoms with van der Waals surface area (Å²) < 4.78 is 5.59. The van der Waals surface area contributed by atoms with E-state index in [1.165, 1.54) is 11.1 Å². The van der Waals surface area contributed by atoms with Crippen LogP contribution in [-0.2, 0) is 14.3 Å². The quantitative estimate of drug-likeness (QED) is 0.513. The Morgan fingerprint density at radius 3 is 2.29 bits per heavy atom. The summed E-state index contributed by atoms with van der Waals surface area (Å²) in [6.07, 6.45) is 2.52. The van der Waals surface area contributed by atoms with Crippen LogP contribution in [0.3, 0.4) is 0 Å². The largest absolute Gasteiger partial charge is 0.481 e. The highest BCUT2D eigenvalue weighted by molar-refractivity contribution is 5.79. The molecule has 2 aliphatic rings. The van der Waals surface area contributed by atoms with Crippen molar-refractivity contribution in [2.45, 2.75) is 51.0 Å². The van der Waals surface area contributed by atoms with E-state index in [4.69, 9.17) is 4.74 Å². The van der Waals surface area contributed by atoms with Gasteiger partial charge in [0.1, 0.15) is 6.61 Å². The summed E-state index contributed by atoms with van der Waals surface area (Å²) in [6, 6.07) is 16.0. The Morgan fingerprint density at radius 1 is 1.03 bits per heavy atom. The van der Waals surface area contributed by atoms with Crippen LogP contribution in [0.4, 0.5) is 4.79 Å². The van der Waals surface area contributed by atoms with E-state index in [-0.39, 0.29) is 42.7 Å². The van der Waals surface area contributed by atoms with Gasteiger partial charge >= 0.3 is 12.1 Å². The topological polar surface area (TPSA) is 105 Å². The zero-order chi connectivity index (χ0) is 24.1. The number of hydrogen-bond acceptors (Lipinski definition) is 4. The van der Waals surface area contributed by atoms with Crippen molar-refractivity contribution in [1.29, 1.82) is 0 Å². The summed E-state index contributed by atoms with van der Waals surface area (Å²) in [5.41, 5.74) is 4.63. The molecule has 2 amide bonds. The van der Waals surface area contributed by atoms with Gasteiger partial charge < -0.3 is 20.5 Å². The summed E-state index contributed by atoms with van der Waals surface area (Å²) in [5, 5.41) is 15.0. The second-order valence-corrected chi connectivity index (χ2v) is 9.22. The lowest BCUT2D eigenvalue weighted by atomic mass is 9.96. The molecule has 3 N–H and O–H groups in total. The molecule has 0 saturated heterocycles. The molecular weight excluding hydrogens is 432 g/mol. The summed E-state index contributed by atoms with van der Waals surface area (Å²) in [4.78, 5) is 36.3. The molecule has 2 aliphatic carbocycles. The normalized spacial score (nSPS) is 19.7. The van der Waals surface area contributed by atoms with Gasteiger partial charge in [0.25, 0.3) is 0 Å². The van der Waals surface area contributed by atoms with Crippen molar-refractivity contribution in [3.63, 3.8) is 0 Å². The van der Waals surface area contributed by atoms with E-state index in [1.54, 1.807) is 0 Å². The van der Waals surface area contributed by atoms with E-state index in [9.17, 15) is 19.5 Å². The Kier molecular flexibility index (Phi) is 7.50. The molecule has 0 bridgehead atoms. The van der Waals surface area contributed by atoms with Crippen LogP contribution in [-0.4, -0.2) is 42.3 Å². The van der Waals surface area contributed by atoms with Crippen LogP contribution in [0.5, 0.6) is 0 Å². The molecule has 0 heterocycles. The number of alkyl carbamates (subject to hydrolysis) is 1. The minimum atomic E-state index is -0.792. The Labute approximate surface area is 199 Å². The second kappa shape index (κ2) is 10.7. The Morgan fingerprint density at radius 2 is 1.68 bits per heavy atom. The molecule has 0 radical (unpaired) electrons. The second-order valence-electron chi connectivity index (χ2n) is 9.22. The number of hydrogen-bond donors (Lipinski definition) is 3. The Balaban J connectivity index is 1.27. The average molecular weight is 465 g/mol. The van der Waals surface area contributed by atoms with Crippen LogP contribution in [0, 0.1) is 11.8 Å². The third-order valence-electron chi connectivity index (χ3n) is 7.13. The van der Waals surface area contributed by atoms with E-state index >= 15 is 0 Å². The van der Waals surface area contributed by atoms with Gasteiger partial charge in [-0.1, -0.05) is 61.9 Å². The maximum absolute atomic E-state index is 12.5. The van der Waals surface area contributed by atoms with E-state index < -0.39 is 12.1 Å². The molecule has 7 nitrogen and oxygen atoms in total. The van der Waals surface area contributed by atoms with Crippen LogP contribution in [0.2, 0.25) is 0 Å². The number of carboxylic acids is 1. The number of benzene rings is 2. The molecule has 2 aromatic carbocycles. The minimum absolute atomic E-state index is 0.0184. The molecule has 0 spiro atoms. The molecule has 3 atom stereocenters. The first kappa shape index (κ1) is 23.8. The molecule has 2 aromatic rings. The van der Waals surface area contributed by atoms with Crippen LogP contribution >= 0.6 is 0 Å². The van der Waals surface area contributed by atoms with Crippen molar-refractivity contribution in [1.82, 2.24) is 10.6 Å². The number of ether oxygens (including phenoxy) is 1. The first-order valence-electron chi connectivity index (χ1n) is 12.1. The lowest BCUT2D eigenvalue weighted by molar-refractivity contribution is -0.143. The summed E-state index contributed by atoms with van der Waals surface area (Å²) in [7, 11) is 0. The standard InChI is InChI=1S/C27H32N2O5/c1-2-18(14-25(30)28-15-17-8-7-13-19(17)26(31)32)29-27(33)34-16-24-22-11-5-3-9-20(22)21-10-4-6-12-23(21)24/h3-6,9-12,17-19,24H,2,7-8,13-16H2,1H3,(H,28,30)(H,29,33)(H,31,32)/t17-,18?,19-/m1/s1. The Bertz CT molecular complexity index is 1010. The lowest BCUT2D eigenvalue weighted by Crippen LogP contribution is -2.41. The molecule has 0 aliphatic heterocycles. The van der Waals surface area contributed by atoms with E-state index in [0.717, 1.165) is 24.0 Å². The molecule has 180 valence electrons. The molecule has 1 saturated carbocycles. The van der Waals surface area contributed by atoms with Crippen LogP contribution in [0.15, 0.2) is 48.5 Å². The van der Waals surface area contributed by atoms with Crippen molar-refractivity contribution in [3.8, 4) is 11.1 Å². The number of fused-ring (bicyclic) bond motifs is 3. The molecule has 0 aromatic heterocycles. The summed E-state index contributed by atoms with van der Waals surface area (Å²) >= 11 is 0. The number of nitrogens with one attached hydrogen (secondary N) is 2. The van der Waals surface area contributed by atoms with Gasteiger partial charge in [-0.2, -0.15) is 0 Å². The van der Waals surface area contributed by atoms with Gasteiger partial charge in [-0.25, -0.2) is 4.79 Å². The molecule has 34 heavy (non-hydrogen) atoms. The van der Waals surface area contributed by atoms with Crippen LogP contribution in [0.25, 0.3) is 11.1 Å². The Hall–Kier alpha value is -3.35. The highest BCUT2D eigenvalue weighted by Crippen LogP contribution is 2.44. The highest BCUT2D eigenvalue weighted by Gasteiger charge is 2.33. The van der Waals surface area contributed by atoms with Crippen molar-refractivity contribution >= 4 is 18.0 Å². The molecule has 1 fully saturated rings. The van der Waals surface area contributed by atoms with Gasteiger partial charge in [0.2, 0.25) is 5.91 Å². The fraction of sp³-hybridized carbons (Fsp3) is 0.444. The predicted molar refractivity (Wildman–Crippen MR) is 128 cm³/mol. The molecular formula is C27H32N2O5. The minimum Gasteiger partial charge on any atom is -0.481 e. The number of carboxylic acid groups (broad SMARTS) is 1. The average Bonchev–Trinajstić information content (AvgIpc) is 3.44. The molecule has 4 rings (SSSR count). The first-order valence-corrected chi connectivity index (χ1v) is 12.1. The number of aliphatic carboxylic acids is 1. The SMILES string of the molecule is CCC(CC(=O)NC[C@H]1CCC[C@H]1C(=O)O)NC(=O)OCC1c2ccccc2-c2ccccc21. The first-order chi connectivity index (χ1) is 16.5. The smallest absolute Gasteiger partial charge is 0.407 e. The van der Waals surface area contributed by atoms with Crippen molar-refractivity contribution < 1.29 is 24.2 Å². The van der Waals surface area contributed by atoms with Gasteiger partial charge in [0, 0.05) is 24.9 Å². The summed E-state index contributed by atoms with van der Waals surface area (Å²) in [5.74, 6) is -1.42. The number of amides is 2. The third-order valence-corrected chi connectivity index (χ3v) is 7.13. The number of carbonyl (C=O) groups is 3. The third kappa shape index (κ3) is 5.24. The maximum Gasteiger partial charge on any atom is 0.407 e. The van der Waals surface area contributed by atoms with E-state index in [1.807, 2.05) is 31.2 Å². The van der Waals surface area contributed by atoms with Gasteiger partial charge in [0.15, 0.2) is 0 Å². The van der Waals surface area contributed by atoms with Gasteiger partial charge in [-0.3, -0.25) is 9.59 Å². The van der Waals surface area contributed by atoms with E-state index in [2.05, 4.69) is 34.9 Å². The zero-order valence-electron chi connectivity index (χ0n) is 19.5. The van der Waals surface area contributed by atoms with Crippen molar-refractivity contribution in [2.24, 2.45) is 11.8 Å². The van der Waals surface area contributed by atoms with Gasteiger partial charge in [0.05, 0.1) is 5.92 Å². The zero-order valence-corrected chi connectivity index (χ0v) is 19.5. The van der Waals surface area contributed by atoms with Crippen molar-refractivity contribution in [2.75, 3.05) is 13.2 Å². The summed E-state index contributed by atoms with van der Waals surface area (Å²) in [6.45, 7) is 2.48. The van der Waals surface area contributed by atoms with Crippen LogP contribution in [0.1, 0.15) is 56.1 Å². The molecule has 1 unspecified atom stereocenters. The monoisotopic (exact) mass is 464 g/mol. The lowest BCUT2D eigenvalue weighted by Gasteiger charge is -2.20. The van der Waals surface area contributed by atoms with E-state index in [0.29, 0.717) is 19.4 Å².